The second kappa shape index (κ2) is 8.28. The van der Waals surface area contributed by atoms with Crippen LogP contribution in [0.2, 0.25) is 0 Å². The van der Waals surface area contributed by atoms with Crippen molar-refractivity contribution in [2.24, 2.45) is 0 Å². The lowest BCUT2D eigenvalue weighted by molar-refractivity contribution is -0.120. The minimum absolute atomic E-state index is 0.00526. The highest BCUT2D eigenvalue weighted by Gasteiger charge is 2.37. The molecule has 0 saturated heterocycles. The third-order valence-corrected chi connectivity index (χ3v) is 5.02. The molecule has 2 aromatic carbocycles. The maximum absolute atomic E-state index is 12.1. The Morgan fingerprint density at radius 1 is 1.08 bits per heavy atom. The lowest BCUT2D eigenvalue weighted by Crippen LogP contribution is -2.48. The van der Waals surface area contributed by atoms with E-state index in [1.165, 1.54) is 11.1 Å². The molecule has 1 aliphatic carbocycles. The Hall–Kier alpha value is -2.17. The molecule has 1 amide bonds. The van der Waals surface area contributed by atoms with Crippen LogP contribution < -0.4 is 10.6 Å². The van der Waals surface area contributed by atoms with Crippen molar-refractivity contribution in [2.45, 2.75) is 31.2 Å². The van der Waals surface area contributed by atoms with Crippen molar-refractivity contribution >= 4 is 5.91 Å². The summed E-state index contributed by atoms with van der Waals surface area (Å²) >= 11 is 0. The first kappa shape index (κ1) is 17.6. The van der Waals surface area contributed by atoms with E-state index in [9.17, 15) is 9.90 Å². The van der Waals surface area contributed by atoms with E-state index in [0.29, 0.717) is 6.54 Å². The highest BCUT2D eigenvalue weighted by molar-refractivity contribution is 5.78. The fourth-order valence-electron chi connectivity index (χ4n) is 3.57. The van der Waals surface area contributed by atoms with Crippen molar-refractivity contribution in [2.75, 3.05) is 19.7 Å². The van der Waals surface area contributed by atoms with Gasteiger partial charge in [-0.25, -0.2) is 0 Å². The Morgan fingerprint density at radius 3 is 2.64 bits per heavy atom. The number of fused-ring (bicyclic) bond motifs is 1. The number of rotatable bonds is 8. The van der Waals surface area contributed by atoms with Gasteiger partial charge in [0, 0.05) is 6.54 Å². The Balaban J connectivity index is 1.44. The van der Waals surface area contributed by atoms with Gasteiger partial charge in [0.1, 0.15) is 0 Å². The molecule has 1 aliphatic rings. The van der Waals surface area contributed by atoms with Crippen LogP contribution in [-0.4, -0.2) is 30.7 Å². The van der Waals surface area contributed by atoms with Crippen molar-refractivity contribution in [1.29, 1.82) is 0 Å². The van der Waals surface area contributed by atoms with Gasteiger partial charge in [0.25, 0.3) is 0 Å². The fourth-order valence-corrected chi connectivity index (χ4v) is 3.57. The van der Waals surface area contributed by atoms with Gasteiger partial charge in [-0.1, -0.05) is 54.6 Å². The number of carbonyl (C=O) groups is 1. The molecular formula is C21H26N2O2. The number of carbonyl (C=O) groups excluding carboxylic acids is 1. The van der Waals surface area contributed by atoms with E-state index < -0.39 is 5.54 Å². The molecular weight excluding hydrogens is 312 g/mol. The molecule has 0 saturated carbocycles. The molecule has 0 spiro atoms. The summed E-state index contributed by atoms with van der Waals surface area (Å²) in [7, 11) is 0. The van der Waals surface area contributed by atoms with Gasteiger partial charge >= 0.3 is 0 Å². The number of nitrogens with one attached hydrogen (secondary N) is 2. The fraction of sp³-hybridized carbons (Fsp3) is 0.381. The molecule has 3 rings (SSSR count). The minimum Gasteiger partial charge on any atom is -0.394 e. The van der Waals surface area contributed by atoms with E-state index in [-0.39, 0.29) is 19.1 Å². The highest BCUT2D eigenvalue weighted by Crippen LogP contribution is 2.36. The van der Waals surface area contributed by atoms with E-state index in [1.807, 2.05) is 36.4 Å². The standard InChI is InChI=1S/C21H26N2O2/c24-16-21(13-12-18-10-4-5-11-19(18)21)23-15-20(25)22-14-6-9-17-7-2-1-3-8-17/h1-5,7-8,10-11,23-24H,6,9,12-16H2,(H,22,25). The van der Waals surface area contributed by atoms with Gasteiger partial charge in [0.15, 0.2) is 0 Å². The van der Waals surface area contributed by atoms with Gasteiger partial charge in [-0.05, 0) is 42.4 Å². The predicted octanol–water partition coefficient (Wildman–Crippen LogP) is 2.16. The quantitative estimate of drug-likeness (QED) is 0.647. The molecule has 0 bridgehead atoms. The summed E-state index contributed by atoms with van der Waals surface area (Å²) in [5, 5.41) is 16.2. The van der Waals surface area contributed by atoms with Crippen molar-refractivity contribution in [1.82, 2.24) is 10.6 Å². The molecule has 132 valence electrons. The largest absolute Gasteiger partial charge is 0.394 e. The summed E-state index contributed by atoms with van der Waals surface area (Å²) in [6.07, 6.45) is 3.64. The maximum atomic E-state index is 12.1. The number of aryl methyl sites for hydroxylation is 2. The average molecular weight is 338 g/mol. The second-order valence-electron chi connectivity index (χ2n) is 6.69. The minimum atomic E-state index is -0.488. The number of aliphatic hydroxyl groups excluding tert-OH is 1. The molecule has 0 fully saturated rings. The van der Waals surface area contributed by atoms with Crippen LogP contribution in [0.25, 0.3) is 0 Å². The first-order chi connectivity index (χ1) is 12.2. The molecule has 0 heterocycles. The van der Waals surface area contributed by atoms with Gasteiger partial charge in [0.05, 0.1) is 18.7 Å². The van der Waals surface area contributed by atoms with Crippen LogP contribution in [0.4, 0.5) is 0 Å². The zero-order valence-corrected chi connectivity index (χ0v) is 14.5. The van der Waals surface area contributed by atoms with Crippen LogP contribution in [0.15, 0.2) is 54.6 Å². The molecule has 2 aromatic rings. The van der Waals surface area contributed by atoms with Crippen LogP contribution in [-0.2, 0) is 23.2 Å². The van der Waals surface area contributed by atoms with Crippen molar-refractivity contribution in [3.63, 3.8) is 0 Å². The van der Waals surface area contributed by atoms with Gasteiger partial charge in [-0.3, -0.25) is 10.1 Å². The van der Waals surface area contributed by atoms with Crippen LogP contribution >= 0.6 is 0 Å². The third kappa shape index (κ3) is 4.27. The number of hydrogen-bond acceptors (Lipinski definition) is 3. The van der Waals surface area contributed by atoms with Gasteiger partial charge in [0.2, 0.25) is 5.91 Å². The lowest BCUT2D eigenvalue weighted by Gasteiger charge is -2.29. The third-order valence-electron chi connectivity index (χ3n) is 5.02. The number of hydrogen-bond donors (Lipinski definition) is 3. The highest BCUT2D eigenvalue weighted by atomic mass is 16.3. The van der Waals surface area contributed by atoms with Gasteiger partial charge < -0.3 is 10.4 Å². The number of amides is 1. The maximum Gasteiger partial charge on any atom is 0.233 e. The summed E-state index contributed by atoms with van der Waals surface area (Å²) in [6, 6.07) is 18.4. The van der Waals surface area contributed by atoms with Crippen molar-refractivity contribution in [3.05, 3.63) is 71.3 Å². The molecule has 3 N–H and O–H groups in total. The molecule has 4 nitrogen and oxygen atoms in total. The lowest BCUT2D eigenvalue weighted by atomic mass is 9.92. The van der Waals surface area contributed by atoms with Gasteiger partial charge in [-0.2, -0.15) is 0 Å². The molecule has 25 heavy (non-hydrogen) atoms. The van der Waals surface area contributed by atoms with Crippen LogP contribution in [0.3, 0.4) is 0 Å². The first-order valence-corrected chi connectivity index (χ1v) is 8.98. The zero-order chi connectivity index (χ0) is 17.5. The topological polar surface area (TPSA) is 61.4 Å². The molecule has 0 radical (unpaired) electrons. The van der Waals surface area contributed by atoms with Crippen molar-refractivity contribution < 1.29 is 9.90 Å². The summed E-state index contributed by atoms with van der Waals surface area (Å²) < 4.78 is 0. The summed E-state index contributed by atoms with van der Waals surface area (Å²) in [5.41, 5.74) is 3.18. The molecule has 1 atom stereocenters. The van der Waals surface area contributed by atoms with E-state index in [2.05, 4.69) is 28.8 Å². The number of benzene rings is 2. The Bertz CT molecular complexity index is 702. The Morgan fingerprint density at radius 2 is 1.84 bits per heavy atom. The van der Waals surface area contributed by atoms with Crippen LogP contribution in [0.1, 0.15) is 29.5 Å². The normalized spacial score (nSPS) is 18.8. The first-order valence-electron chi connectivity index (χ1n) is 8.98. The van der Waals surface area contributed by atoms with E-state index in [1.54, 1.807) is 0 Å². The Kier molecular flexibility index (Phi) is 5.84. The summed E-state index contributed by atoms with van der Waals surface area (Å²) in [6.45, 7) is 0.893. The molecule has 1 unspecified atom stereocenters. The smallest absolute Gasteiger partial charge is 0.233 e. The predicted molar refractivity (Wildman–Crippen MR) is 99.3 cm³/mol. The second-order valence-corrected chi connectivity index (χ2v) is 6.69. The summed E-state index contributed by atoms with van der Waals surface area (Å²) in [4.78, 5) is 12.1. The van der Waals surface area contributed by atoms with Crippen molar-refractivity contribution in [3.8, 4) is 0 Å². The van der Waals surface area contributed by atoms with Crippen LogP contribution in [0.5, 0.6) is 0 Å². The number of aliphatic hydroxyl groups is 1. The monoisotopic (exact) mass is 338 g/mol. The SMILES string of the molecule is O=C(CNC1(CO)CCc2ccccc21)NCCCc1ccccc1. The van der Waals surface area contributed by atoms with E-state index >= 15 is 0 Å². The van der Waals surface area contributed by atoms with E-state index in [0.717, 1.165) is 31.2 Å². The molecule has 0 aromatic heterocycles. The Labute approximate surface area is 149 Å². The average Bonchev–Trinajstić information content (AvgIpc) is 3.04. The molecule has 4 heteroatoms. The van der Waals surface area contributed by atoms with Gasteiger partial charge in [-0.15, -0.1) is 0 Å². The summed E-state index contributed by atoms with van der Waals surface area (Å²) in [5.74, 6) is -0.0229. The zero-order valence-electron chi connectivity index (χ0n) is 14.5. The van der Waals surface area contributed by atoms with E-state index in [4.69, 9.17) is 0 Å². The molecule has 0 aliphatic heterocycles. The van der Waals surface area contributed by atoms with Crippen LogP contribution in [0, 0.1) is 0 Å².